The molecule has 0 aromatic carbocycles. The molecule has 0 aliphatic heterocycles. The number of likely N-dealkylation sites (N-methyl/N-ethyl adjacent to an activating group) is 1. The SMILES string of the molecule is CCCCCC(=O)N(CC)CC(=O)OCC. The van der Waals surface area contributed by atoms with E-state index in [9.17, 15) is 9.59 Å². The molecule has 0 heterocycles. The molecule has 0 aliphatic rings. The Labute approximate surface area is 98.0 Å². The summed E-state index contributed by atoms with van der Waals surface area (Å²) in [5, 5.41) is 0. The first kappa shape index (κ1) is 14.9. The molecule has 0 atom stereocenters. The van der Waals surface area contributed by atoms with Crippen molar-refractivity contribution in [1.82, 2.24) is 4.90 Å². The molecule has 0 aromatic rings. The number of unbranched alkanes of at least 4 members (excludes halogenated alkanes) is 2. The quantitative estimate of drug-likeness (QED) is 0.472. The van der Waals surface area contributed by atoms with E-state index in [1.807, 2.05) is 6.92 Å². The molecule has 1 amide bonds. The third-order valence-corrected chi connectivity index (χ3v) is 2.35. The zero-order chi connectivity index (χ0) is 12.4. The molecular weight excluding hydrogens is 206 g/mol. The standard InChI is InChI=1S/C12H23NO3/c1-4-7-8-9-11(14)13(5-2)10-12(15)16-6-3/h4-10H2,1-3H3. The Balaban J connectivity index is 3.96. The normalized spacial score (nSPS) is 9.94. The van der Waals surface area contributed by atoms with Crippen molar-refractivity contribution < 1.29 is 14.3 Å². The molecule has 16 heavy (non-hydrogen) atoms. The molecule has 0 radical (unpaired) electrons. The Morgan fingerprint density at radius 1 is 1.12 bits per heavy atom. The monoisotopic (exact) mass is 229 g/mol. The van der Waals surface area contributed by atoms with Gasteiger partial charge in [0.15, 0.2) is 0 Å². The Bertz CT molecular complexity index is 216. The fraction of sp³-hybridized carbons (Fsp3) is 0.833. The number of rotatable bonds is 8. The first-order chi connectivity index (χ1) is 7.65. The van der Waals surface area contributed by atoms with E-state index in [0.717, 1.165) is 19.3 Å². The molecule has 0 aromatic heterocycles. The number of carbonyl (C=O) groups is 2. The zero-order valence-electron chi connectivity index (χ0n) is 10.6. The van der Waals surface area contributed by atoms with Crippen LogP contribution < -0.4 is 0 Å². The first-order valence-corrected chi connectivity index (χ1v) is 6.09. The van der Waals surface area contributed by atoms with Crippen molar-refractivity contribution in [2.24, 2.45) is 0 Å². The van der Waals surface area contributed by atoms with Crippen molar-refractivity contribution in [3.8, 4) is 0 Å². The van der Waals surface area contributed by atoms with Crippen molar-refractivity contribution in [2.75, 3.05) is 19.7 Å². The summed E-state index contributed by atoms with van der Waals surface area (Å²) in [4.78, 5) is 24.5. The number of hydrogen-bond donors (Lipinski definition) is 0. The third-order valence-electron chi connectivity index (χ3n) is 2.35. The van der Waals surface area contributed by atoms with Crippen molar-refractivity contribution in [3.63, 3.8) is 0 Å². The molecule has 94 valence electrons. The van der Waals surface area contributed by atoms with Crippen LogP contribution in [0.4, 0.5) is 0 Å². The van der Waals surface area contributed by atoms with Crippen LogP contribution in [0.3, 0.4) is 0 Å². The lowest BCUT2D eigenvalue weighted by Crippen LogP contribution is -2.36. The molecule has 0 aliphatic carbocycles. The van der Waals surface area contributed by atoms with Crippen LogP contribution >= 0.6 is 0 Å². The molecule has 0 rings (SSSR count). The topological polar surface area (TPSA) is 46.6 Å². The Hall–Kier alpha value is -1.06. The van der Waals surface area contributed by atoms with E-state index in [1.54, 1.807) is 11.8 Å². The average Bonchev–Trinajstić information content (AvgIpc) is 2.26. The van der Waals surface area contributed by atoms with Crippen LogP contribution in [-0.2, 0) is 14.3 Å². The van der Waals surface area contributed by atoms with Gasteiger partial charge < -0.3 is 9.64 Å². The minimum atomic E-state index is -0.326. The van der Waals surface area contributed by atoms with Gasteiger partial charge in [0.05, 0.1) is 6.61 Å². The number of ether oxygens (including phenoxy) is 1. The summed E-state index contributed by atoms with van der Waals surface area (Å²) in [5.41, 5.74) is 0. The van der Waals surface area contributed by atoms with Gasteiger partial charge in [0, 0.05) is 13.0 Å². The van der Waals surface area contributed by atoms with Crippen LogP contribution in [0.1, 0.15) is 46.5 Å². The smallest absolute Gasteiger partial charge is 0.325 e. The fourth-order valence-corrected chi connectivity index (χ4v) is 1.42. The van der Waals surface area contributed by atoms with E-state index in [0.29, 0.717) is 19.6 Å². The van der Waals surface area contributed by atoms with E-state index < -0.39 is 0 Å². The molecule has 4 heteroatoms. The fourth-order valence-electron chi connectivity index (χ4n) is 1.42. The summed E-state index contributed by atoms with van der Waals surface area (Å²) in [6, 6.07) is 0. The highest BCUT2D eigenvalue weighted by molar-refractivity contribution is 5.82. The van der Waals surface area contributed by atoms with E-state index in [-0.39, 0.29) is 18.4 Å². The van der Waals surface area contributed by atoms with Gasteiger partial charge in [-0.05, 0) is 20.3 Å². The number of carbonyl (C=O) groups excluding carboxylic acids is 2. The molecule has 0 N–H and O–H groups in total. The van der Waals surface area contributed by atoms with Crippen LogP contribution in [0.15, 0.2) is 0 Å². The zero-order valence-corrected chi connectivity index (χ0v) is 10.6. The minimum Gasteiger partial charge on any atom is -0.465 e. The minimum absolute atomic E-state index is 0.0454. The van der Waals surface area contributed by atoms with Gasteiger partial charge >= 0.3 is 5.97 Å². The molecule has 0 bridgehead atoms. The van der Waals surface area contributed by atoms with Crippen LogP contribution in [0.25, 0.3) is 0 Å². The van der Waals surface area contributed by atoms with Crippen LogP contribution in [0.2, 0.25) is 0 Å². The molecule has 0 fully saturated rings. The average molecular weight is 229 g/mol. The van der Waals surface area contributed by atoms with Gasteiger partial charge in [-0.2, -0.15) is 0 Å². The van der Waals surface area contributed by atoms with Gasteiger partial charge in [-0.25, -0.2) is 0 Å². The summed E-state index contributed by atoms with van der Waals surface area (Å²) in [6.07, 6.45) is 3.58. The van der Waals surface area contributed by atoms with Crippen molar-refractivity contribution in [3.05, 3.63) is 0 Å². The van der Waals surface area contributed by atoms with Crippen LogP contribution in [0.5, 0.6) is 0 Å². The lowest BCUT2D eigenvalue weighted by Gasteiger charge is -2.19. The third kappa shape index (κ3) is 6.43. The van der Waals surface area contributed by atoms with Gasteiger partial charge in [-0.15, -0.1) is 0 Å². The maximum absolute atomic E-state index is 11.7. The predicted octanol–water partition coefficient (Wildman–Crippen LogP) is 1.98. The molecular formula is C12H23NO3. The lowest BCUT2D eigenvalue weighted by molar-refractivity contribution is -0.148. The predicted molar refractivity (Wildman–Crippen MR) is 63.0 cm³/mol. The summed E-state index contributed by atoms with van der Waals surface area (Å²) < 4.78 is 4.82. The Morgan fingerprint density at radius 3 is 2.31 bits per heavy atom. The Kier molecular flexibility index (Phi) is 8.58. The van der Waals surface area contributed by atoms with E-state index >= 15 is 0 Å². The number of amides is 1. The maximum Gasteiger partial charge on any atom is 0.325 e. The lowest BCUT2D eigenvalue weighted by atomic mass is 10.2. The molecule has 4 nitrogen and oxygen atoms in total. The number of nitrogens with zero attached hydrogens (tertiary/aromatic N) is 1. The van der Waals surface area contributed by atoms with Crippen LogP contribution in [0, 0.1) is 0 Å². The van der Waals surface area contributed by atoms with Crippen molar-refractivity contribution >= 4 is 11.9 Å². The molecule has 0 unspecified atom stereocenters. The second kappa shape index (κ2) is 9.19. The maximum atomic E-state index is 11.7. The van der Waals surface area contributed by atoms with Crippen molar-refractivity contribution in [2.45, 2.75) is 46.5 Å². The van der Waals surface area contributed by atoms with Gasteiger partial charge in [0.25, 0.3) is 0 Å². The van der Waals surface area contributed by atoms with Gasteiger partial charge in [0.1, 0.15) is 6.54 Å². The summed E-state index contributed by atoms with van der Waals surface area (Å²) in [6.45, 7) is 6.73. The van der Waals surface area contributed by atoms with Gasteiger partial charge in [-0.3, -0.25) is 9.59 Å². The number of esters is 1. The molecule has 0 spiro atoms. The highest BCUT2D eigenvalue weighted by Crippen LogP contribution is 2.03. The summed E-state index contributed by atoms with van der Waals surface area (Å²) in [5.74, 6) is -0.280. The molecule has 0 saturated carbocycles. The van der Waals surface area contributed by atoms with Gasteiger partial charge in [0.2, 0.25) is 5.91 Å². The van der Waals surface area contributed by atoms with E-state index in [2.05, 4.69) is 6.92 Å². The van der Waals surface area contributed by atoms with Crippen molar-refractivity contribution in [1.29, 1.82) is 0 Å². The molecule has 0 saturated heterocycles. The summed E-state index contributed by atoms with van der Waals surface area (Å²) in [7, 11) is 0. The summed E-state index contributed by atoms with van der Waals surface area (Å²) >= 11 is 0. The van der Waals surface area contributed by atoms with E-state index in [1.165, 1.54) is 0 Å². The van der Waals surface area contributed by atoms with E-state index in [4.69, 9.17) is 4.74 Å². The largest absolute Gasteiger partial charge is 0.465 e. The Morgan fingerprint density at radius 2 is 1.81 bits per heavy atom. The highest BCUT2D eigenvalue weighted by atomic mass is 16.5. The highest BCUT2D eigenvalue weighted by Gasteiger charge is 2.15. The van der Waals surface area contributed by atoms with Crippen LogP contribution in [-0.4, -0.2) is 36.5 Å². The second-order valence-electron chi connectivity index (χ2n) is 3.67. The van der Waals surface area contributed by atoms with Gasteiger partial charge in [-0.1, -0.05) is 19.8 Å². The second-order valence-corrected chi connectivity index (χ2v) is 3.67. The first-order valence-electron chi connectivity index (χ1n) is 6.09. The number of hydrogen-bond acceptors (Lipinski definition) is 3.